The third-order valence-electron chi connectivity index (χ3n) is 6.51. The van der Waals surface area contributed by atoms with Crippen molar-refractivity contribution in [2.75, 3.05) is 6.54 Å². The summed E-state index contributed by atoms with van der Waals surface area (Å²) in [5, 5.41) is 4.70. The van der Waals surface area contributed by atoms with Gasteiger partial charge in [0.15, 0.2) is 0 Å². The third kappa shape index (κ3) is 5.81. The maximum absolute atomic E-state index is 13.4. The summed E-state index contributed by atoms with van der Waals surface area (Å²) >= 11 is 1.70. The van der Waals surface area contributed by atoms with E-state index in [-0.39, 0.29) is 37.2 Å². The van der Waals surface area contributed by atoms with Gasteiger partial charge in [0.2, 0.25) is 11.8 Å². The molecule has 2 aromatic carbocycles. The van der Waals surface area contributed by atoms with E-state index in [9.17, 15) is 22.8 Å². The summed E-state index contributed by atoms with van der Waals surface area (Å²) in [6.45, 7) is 4.83. The number of hydrogen-bond donors (Lipinski definition) is 1. The summed E-state index contributed by atoms with van der Waals surface area (Å²) in [5.74, 6) is -0.179. The van der Waals surface area contributed by atoms with Gasteiger partial charge in [-0.1, -0.05) is 50.2 Å². The van der Waals surface area contributed by atoms with Crippen molar-refractivity contribution in [1.82, 2.24) is 10.2 Å². The summed E-state index contributed by atoms with van der Waals surface area (Å²) in [6.07, 6.45) is -3.65. The molecule has 0 saturated heterocycles. The molecule has 1 unspecified atom stereocenters. The number of amides is 2. The molecule has 0 radical (unpaired) electrons. The lowest BCUT2D eigenvalue weighted by Gasteiger charge is -2.37. The molecule has 0 bridgehead atoms. The minimum absolute atomic E-state index is 0.0245. The predicted molar refractivity (Wildman–Crippen MR) is 135 cm³/mol. The van der Waals surface area contributed by atoms with E-state index in [1.54, 1.807) is 11.3 Å². The van der Waals surface area contributed by atoms with Crippen LogP contribution in [0.5, 0.6) is 0 Å². The van der Waals surface area contributed by atoms with E-state index in [1.165, 1.54) is 22.6 Å². The van der Waals surface area contributed by atoms with Crippen LogP contribution in [0.3, 0.4) is 0 Å². The second kappa shape index (κ2) is 10.9. The van der Waals surface area contributed by atoms with Gasteiger partial charge in [-0.15, -0.1) is 11.3 Å². The van der Waals surface area contributed by atoms with Crippen LogP contribution in [0.4, 0.5) is 13.2 Å². The average Bonchev–Trinajstić information content (AvgIpc) is 3.34. The normalized spacial score (nSPS) is 15.6. The molecular weight excluding hydrogens is 485 g/mol. The van der Waals surface area contributed by atoms with Crippen molar-refractivity contribution in [3.05, 3.63) is 92.7 Å². The molecule has 8 heteroatoms. The van der Waals surface area contributed by atoms with Gasteiger partial charge in [0.25, 0.3) is 0 Å². The second-order valence-electron chi connectivity index (χ2n) is 9.30. The lowest BCUT2D eigenvalue weighted by molar-refractivity contribution is -0.137. The van der Waals surface area contributed by atoms with E-state index in [0.717, 1.165) is 29.7 Å². The lowest BCUT2D eigenvalue weighted by Crippen LogP contribution is -2.41. The van der Waals surface area contributed by atoms with Crippen LogP contribution in [0.25, 0.3) is 0 Å². The fraction of sp³-hybridized carbons (Fsp3) is 0.357. The van der Waals surface area contributed by atoms with E-state index < -0.39 is 11.7 Å². The zero-order chi connectivity index (χ0) is 25.9. The molecule has 1 N–H and O–H groups in total. The van der Waals surface area contributed by atoms with Crippen molar-refractivity contribution in [2.24, 2.45) is 0 Å². The van der Waals surface area contributed by atoms with Gasteiger partial charge in [-0.05, 0) is 58.2 Å². The Morgan fingerprint density at radius 1 is 1.06 bits per heavy atom. The molecule has 0 saturated carbocycles. The van der Waals surface area contributed by atoms with Crippen LogP contribution in [0.15, 0.2) is 60.0 Å². The fourth-order valence-electron chi connectivity index (χ4n) is 4.72. The number of benzene rings is 2. The van der Waals surface area contributed by atoms with E-state index in [1.807, 2.05) is 17.0 Å². The molecule has 3 aromatic rings. The van der Waals surface area contributed by atoms with Gasteiger partial charge in [-0.2, -0.15) is 13.2 Å². The number of fused-ring (bicyclic) bond motifs is 1. The van der Waals surface area contributed by atoms with Crippen LogP contribution >= 0.6 is 11.3 Å². The molecule has 1 aliphatic heterocycles. The molecule has 1 atom stereocenters. The molecular formula is C28H29F3N2O2S. The van der Waals surface area contributed by atoms with Crippen molar-refractivity contribution in [1.29, 1.82) is 0 Å². The van der Waals surface area contributed by atoms with Crippen molar-refractivity contribution in [3.8, 4) is 0 Å². The first-order valence-corrected chi connectivity index (χ1v) is 12.9. The van der Waals surface area contributed by atoms with Crippen molar-refractivity contribution >= 4 is 23.2 Å². The van der Waals surface area contributed by atoms with Gasteiger partial charge >= 0.3 is 6.18 Å². The number of thiophene rings is 1. The Labute approximate surface area is 213 Å². The molecule has 2 heterocycles. The zero-order valence-electron chi connectivity index (χ0n) is 20.3. The Morgan fingerprint density at radius 2 is 1.83 bits per heavy atom. The number of nitrogens with zero attached hydrogens (tertiary/aromatic N) is 1. The lowest BCUT2D eigenvalue weighted by atomic mass is 9.86. The minimum Gasteiger partial charge on any atom is -0.352 e. The number of hydrogen-bond acceptors (Lipinski definition) is 3. The van der Waals surface area contributed by atoms with Crippen LogP contribution in [-0.4, -0.2) is 23.3 Å². The van der Waals surface area contributed by atoms with Crippen LogP contribution in [-0.2, 0) is 28.7 Å². The number of alkyl halides is 3. The van der Waals surface area contributed by atoms with Crippen LogP contribution in [0, 0.1) is 0 Å². The van der Waals surface area contributed by atoms with Gasteiger partial charge in [0.1, 0.15) is 0 Å². The van der Waals surface area contributed by atoms with Gasteiger partial charge < -0.3 is 10.2 Å². The largest absolute Gasteiger partial charge is 0.416 e. The summed E-state index contributed by atoms with van der Waals surface area (Å²) in [5.41, 5.74) is 3.04. The second-order valence-corrected chi connectivity index (χ2v) is 10.3. The number of nitrogens with one attached hydrogen (secondary N) is 1. The Kier molecular flexibility index (Phi) is 7.83. The number of halogens is 3. The van der Waals surface area contributed by atoms with Gasteiger partial charge in [0.05, 0.1) is 11.6 Å². The third-order valence-corrected chi connectivity index (χ3v) is 7.51. The highest BCUT2D eigenvalue weighted by Crippen LogP contribution is 2.40. The topological polar surface area (TPSA) is 49.4 Å². The van der Waals surface area contributed by atoms with Crippen molar-refractivity contribution < 1.29 is 22.8 Å². The Bertz CT molecular complexity index is 1240. The fourth-order valence-corrected chi connectivity index (χ4v) is 5.62. The molecule has 2 amide bonds. The highest BCUT2D eigenvalue weighted by Gasteiger charge is 2.34. The molecule has 0 fully saturated rings. The first-order valence-electron chi connectivity index (χ1n) is 12.0. The van der Waals surface area contributed by atoms with Crippen molar-refractivity contribution in [2.45, 2.75) is 57.8 Å². The van der Waals surface area contributed by atoms with E-state index in [2.05, 4.69) is 42.7 Å². The highest BCUT2D eigenvalue weighted by atomic mass is 32.1. The van der Waals surface area contributed by atoms with Crippen molar-refractivity contribution in [3.63, 3.8) is 0 Å². The summed E-state index contributed by atoms with van der Waals surface area (Å²) in [6, 6.07) is 14.9. The molecule has 1 aromatic heterocycles. The quantitative estimate of drug-likeness (QED) is 0.393. The minimum atomic E-state index is -4.44. The monoisotopic (exact) mass is 514 g/mol. The van der Waals surface area contributed by atoms with Crippen LogP contribution < -0.4 is 5.32 Å². The van der Waals surface area contributed by atoms with Gasteiger partial charge in [-0.25, -0.2) is 0 Å². The standard InChI is InChI=1S/C28H29F3N2O2S/c1-18(2)21-8-3-4-9-22(21)27-23-13-15-36-24(23)12-14-33(27)26(35)11-10-25(34)32-17-19-6-5-7-20(16-19)28(29,30)31/h3-9,13,15-16,18,27H,10-12,14,17H2,1-2H3,(H,32,34). The van der Waals surface area contributed by atoms with Gasteiger partial charge in [0, 0.05) is 30.8 Å². The summed E-state index contributed by atoms with van der Waals surface area (Å²) in [4.78, 5) is 28.9. The Hall–Kier alpha value is -3.13. The molecule has 36 heavy (non-hydrogen) atoms. The first kappa shape index (κ1) is 25.9. The maximum Gasteiger partial charge on any atom is 0.416 e. The van der Waals surface area contributed by atoms with E-state index >= 15 is 0 Å². The van der Waals surface area contributed by atoms with E-state index in [4.69, 9.17) is 0 Å². The van der Waals surface area contributed by atoms with Crippen LogP contribution in [0.1, 0.15) is 71.3 Å². The number of carbonyl (C=O) groups excluding carboxylic acids is 2. The maximum atomic E-state index is 13.4. The van der Waals surface area contributed by atoms with Crippen LogP contribution in [0.2, 0.25) is 0 Å². The predicted octanol–water partition coefficient (Wildman–Crippen LogP) is 6.46. The Morgan fingerprint density at radius 3 is 2.58 bits per heavy atom. The summed E-state index contributed by atoms with van der Waals surface area (Å²) < 4.78 is 38.8. The van der Waals surface area contributed by atoms with E-state index in [0.29, 0.717) is 18.0 Å². The first-order chi connectivity index (χ1) is 17.1. The Balaban J connectivity index is 1.43. The molecule has 0 aliphatic carbocycles. The highest BCUT2D eigenvalue weighted by molar-refractivity contribution is 7.10. The average molecular weight is 515 g/mol. The number of rotatable bonds is 7. The molecule has 1 aliphatic rings. The van der Waals surface area contributed by atoms with Gasteiger partial charge in [-0.3, -0.25) is 9.59 Å². The molecule has 0 spiro atoms. The zero-order valence-corrected chi connectivity index (χ0v) is 21.1. The molecule has 4 rings (SSSR count). The molecule has 190 valence electrons. The number of carbonyl (C=O) groups is 2. The SMILES string of the molecule is CC(C)c1ccccc1C1c2ccsc2CCN1C(=O)CCC(=O)NCc1cccc(C(F)(F)F)c1. The summed E-state index contributed by atoms with van der Waals surface area (Å²) in [7, 11) is 0. The smallest absolute Gasteiger partial charge is 0.352 e. The molecule has 4 nitrogen and oxygen atoms in total.